The lowest BCUT2D eigenvalue weighted by Crippen LogP contribution is -2.46. The van der Waals surface area contributed by atoms with Gasteiger partial charge in [-0.25, -0.2) is 4.39 Å². The van der Waals surface area contributed by atoms with Crippen LogP contribution in [0.5, 0.6) is 0 Å². The monoisotopic (exact) mass is 332 g/mol. The van der Waals surface area contributed by atoms with Crippen LogP contribution in [0.1, 0.15) is 52.5 Å². The molecule has 0 aromatic heterocycles. The van der Waals surface area contributed by atoms with Gasteiger partial charge in [0.2, 0.25) is 5.91 Å². The summed E-state index contributed by atoms with van der Waals surface area (Å²) in [6, 6.07) is 4.95. The third kappa shape index (κ3) is 3.21. The number of carbonyl (C=O) groups is 1. The van der Waals surface area contributed by atoms with Gasteiger partial charge in [0.1, 0.15) is 5.82 Å². The van der Waals surface area contributed by atoms with E-state index in [0.717, 1.165) is 43.7 Å². The Hall–Kier alpha value is -1.42. The summed E-state index contributed by atoms with van der Waals surface area (Å²) in [5.74, 6) is -0.0404. The molecule has 0 radical (unpaired) electrons. The average Bonchev–Trinajstić information content (AvgIpc) is 2.81. The Morgan fingerprint density at radius 3 is 2.50 bits per heavy atom. The minimum atomic E-state index is -0.198. The van der Waals surface area contributed by atoms with Crippen molar-refractivity contribution in [1.29, 1.82) is 0 Å². The fourth-order valence-corrected chi connectivity index (χ4v) is 4.14. The molecule has 1 aromatic rings. The minimum absolute atomic E-state index is 0.0431. The molecule has 2 aliphatic rings. The molecule has 3 nitrogen and oxygen atoms in total. The van der Waals surface area contributed by atoms with Crippen LogP contribution in [0.25, 0.3) is 0 Å². The molecule has 0 saturated carbocycles. The first kappa shape index (κ1) is 17.4. The van der Waals surface area contributed by atoms with Gasteiger partial charge >= 0.3 is 0 Å². The molecule has 0 bridgehead atoms. The number of rotatable bonds is 2. The van der Waals surface area contributed by atoms with Crippen LogP contribution in [0.3, 0.4) is 0 Å². The zero-order valence-corrected chi connectivity index (χ0v) is 15.4. The van der Waals surface area contributed by atoms with Crippen molar-refractivity contribution in [1.82, 2.24) is 4.90 Å². The summed E-state index contributed by atoms with van der Waals surface area (Å²) >= 11 is 0. The number of likely N-dealkylation sites (tertiary alicyclic amines) is 1. The summed E-state index contributed by atoms with van der Waals surface area (Å²) in [7, 11) is 0. The number of benzene rings is 1. The van der Waals surface area contributed by atoms with E-state index < -0.39 is 0 Å². The first-order chi connectivity index (χ1) is 11.2. The zero-order valence-electron chi connectivity index (χ0n) is 15.4. The van der Waals surface area contributed by atoms with Gasteiger partial charge < -0.3 is 9.80 Å². The molecule has 2 heterocycles. The zero-order chi connectivity index (χ0) is 17.5. The molecule has 1 fully saturated rings. The van der Waals surface area contributed by atoms with Crippen molar-refractivity contribution in [3.63, 3.8) is 0 Å². The fraction of sp³-hybridized carbons (Fsp3) is 0.650. The smallest absolute Gasteiger partial charge is 0.227 e. The first-order valence-electron chi connectivity index (χ1n) is 9.07. The number of fused-ring (bicyclic) bond motifs is 2. The van der Waals surface area contributed by atoms with E-state index in [1.807, 2.05) is 4.90 Å². The molecule has 24 heavy (non-hydrogen) atoms. The van der Waals surface area contributed by atoms with Crippen molar-refractivity contribution in [3.8, 4) is 0 Å². The quantitative estimate of drug-likeness (QED) is 0.818. The van der Waals surface area contributed by atoms with Crippen LogP contribution < -0.4 is 4.90 Å². The minimum Gasteiger partial charge on any atom is -0.311 e. The molecule has 1 amide bonds. The Morgan fingerprint density at radius 2 is 1.92 bits per heavy atom. The Balaban J connectivity index is 1.92. The predicted molar refractivity (Wildman–Crippen MR) is 95.9 cm³/mol. The van der Waals surface area contributed by atoms with Crippen LogP contribution >= 0.6 is 0 Å². The molecular formula is C20H29FN2O. The van der Waals surface area contributed by atoms with Crippen molar-refractivity contribution in [2.75, 3.05) is 31.1 Å². The maximum atomic E-state index is 13.9. The maximum absolute atomic E-state index is 13.9. The lowest BCUT2D eigenvalue weighted by atomic mass is 9.74. The van der Waals surface area contributed by atoms with Gasteiger partial charge in [-0.15, -0.1) is 0 Å². The van der Waals surface area contributed by atoms with E-state index in [-0.39, 0.29) is 22.6 Å². The summed E-state index contributed by atoms with van der Waals surface area (Å²) in [5, 5.41) is 0. The molecule has 4 heteroatoms. The number of piperidine rings is 1. The maximum Gasteiger partial charge on any atom is 0.227 e. The number of carbonyl (C=O) groups excluding carboxylic acids is 1. The number of halogens is 1. The second-order valence-electron chi connectivity index (χ2n) is 8.59. The van der Waals surface area contributed by atoms with Gasteiger partial charge in [-0.2, -0.15) is 0 Å². The topological polar surface area (TPSA) is 23.6 Å². The normalized spacial score (nSPS) is 20.5. The lowest BCUT2D eigenvalue weighted by molar-refractivity contribution is -0.120. The molecule has 0 N–H and O–H groups in total. The number of nitrogens with zero attached hydrogens (tertiary/aromatic N) is 2. The fourth-order valence-electron chi connectivity index (χ4n) is 4.14. The highest BCUT2D eigenvalue weighted by Gasteiger charge is 2.46. The standard InChI is InChI=1S/C20H29FN2O/c1-5-22-10-8-20(9-11-22)14-23(18(24)13-19(2,3)4)17-7-6-15(21)12-16(17)20/h6-7,12H,5,8-11,13-14H2,1-4H3. The third-order valence-corrected chi connectivity index (χ3v) is 5.52. The van der Waals surface area contributed by atoms with E-state index in [1.165, 1.54) is 6.07 Å². The summed E-state index contributed by atoms with van der Waals surface area (Å²) in [4.78, 5) is 17.2. The highest BCUT2D eigenvalue weighted by Crippen LogP contribution is 2.47. The molecule has 0 aliphatic carbocycles. The molecule has 132 valence electrons. The molecule has 3 rings (SSSR count). The molecule has 0 atom stereocenters. The number of anilines is 1. The highest BCUT2D eigenvalue weighted by molar-refractivity contribution is 5.96. The highest BCUT2D eigenvalue weighted by atomic mass is 19.1. The SMILES string of the molecule is CCN1CCC2(CC1)CN(C(=O)CC(C)(C)C)c1ccc(F)cc12. The molecule has 1 spiro atoms. The largest absolute Gasteiger partial charge is 0.311 e. The third-order valence-electron chi connectivity index (χ3n) is 5.52. The summed E-state index contributed by atoms with van der Waals surface area (Å²) in [6.45, 7) is 12.2. The Kier molecular flexibility index (Phi) is 4.45. The van der Waals surface area contributed by atoms with Crippen molar-refractivity contribution < 1.29 is 9.18 Å². The molecular weight excluding hydrogens is 303 g/mol. The number of hydrogen-bond acceptors (Lipinski definition) is 2. The molecule has 1 saturated heterocycles. The second kappa shape index (κ2) is 6.14. The second-order valence-corrected chi connectivity index (χ2v) is 8.59. The van der Waals surface area contributed by atoms with Gasteiger partial charge in [-0.1, -0.05) is 27.7 Å². The van der Waals surface area contributed by atoms with E-state index in [0.29, 0.717) is 13.0 Å². The number of hydrogen-bond donors (Lipinski definition) is 0. The van der Waals surface area contributed by atoms with Crippen molar-refractivity contribution >= 4 is 11.6 Å². The van der Waals surface area contributed by atoms with E-state index in [2.05, 4.69) is 32.6 Å². The van der Waals surface area contributed by atoms with Crippen LogP contribution in [0.2, 0.25) is 0 Å². The Bertz CT molecular complexity index is 627. The van der Waals surface area contributed by atoms with E-state index in [4.69, 9.17) is 0 Å². The van der Waals surface area contributed by atoms with Crippen LogP contribution in [-0.4, -0.2) is 37.0 Å². The van der Waals surface area contributed by atoms with Crippen molar-refractivity contribution in [2.24, 2.45) is 5.41 Å². The van der Waals surface area contributed by atoms with Gasteiger partial charge in [-0.3, -0.25) is 4.79 Å². The van der Waals surface area contributed by atoms with E-state index >= 15 is 0 Å². The summed E-state index contributed by atoms with van der Waals surface area (Å²) in [6.07, 6.45) is 2.51. The van der Waals surface area contributed by atoms with Crippen LogP contribution in [0, 0.1) is 11.2 Å². The van der Waals surface area contributed by atoms with Crippen LogP contribution in [0.4, 0.5) is 10.1 Å². The first-order valence-corrected chi connectivity index (χ1v) is 9.07. The average molecular weight is 332 g/mol. The van der Waals surface area contributed by atoms with Gasteiger partial charge in [0.25, 0.3) is 0 Å². The van der Waals surface area contributed by atoms with Gasteiger partial charge in [0.05, 0.1) is 0 Å². The predicted octanol–water partition coefficient (Wildman–Crippen LogP) is 3.96. The Morgan fingerprint density at radius 1 is 1.25 bits per heavy atom. The van der Waals surface area contributed by atoms with Gasteiger partial charge in [-0.05, 0) is 61.7 Å². The van der Waals surface area contributed by atoms with Crippen LogP contribution in [0.15, 0.2) is 18.2 Å². The van der Waals surface area contributed by atoms with Crippen LogP contribution in [-0.2, 0) is 10.2 Å². The van der Waals surface area contributed by atoms with E-state index in [9.17, 15) is 9.18 Å². The van der Waals surface area contributed by atoms with Crippen molar-refractivity contribution in [2.45, 2.75) is 52.4 Å². The molecule has 0 unspecified atom stereocenters. The summed E-state index contributed by atoms with van der Waals surface area (Å²) < 4.78 is 13.9. The summed E-state index contributed by atoms with van der Waals surface area (Å²) in [5.41, 5.74) is 1.85. The molecule has 1 aromatic carbocycles. The Labute approximate surface area is 144 Å². The van der Waals surface area contributed by atoms with E-state index in [1.54, 1.807) is 12.1 Å². The van der Waals surface area contributed by atoms with Gasteiger partial charge in [0, 0.05) is 24.1 Å². The van der Waals surface area contributed by atoms with Gasteiger partial charge in [0.15, 0.2) is 0 Å². The lowest BCUT2D eigenvalue weighted by Gasteiger charge is -2.39. The molecule has 2 aliphatic heterocycles. The van der Waals surface area contributed by atoms with Crippen molar-refractivity contribution in [3.05, 3.63) is 29.6 Å². The number of amides is 1.